The van der Waals surface area contributed by atoms with E-state index in [1.807, 2.05) is 12.1 Å². The molecule has 6 heteroatoms. The van der Waals surface area contributed by atoms with E-state index >= 15 is 0 Å². The van der Waals surface area contributed by atoms with Crippen molar-refractivity contribution in [1.29, 1.82) is 0 Å². The standard InChI is InChI=1S/C20H24FN3O2/c1-15-7-8-19(26-2)16(13-15)14-23-9-11-24(12-10-23)20(25)22-18-6-4-3-5-17(18)21/h3-8,13H,9-12,14H2,1-2H3,(H,22,25). The van der Waals surface area contributed by atoms with Crippen LogP contribution in [0.5, 0.6) is 5.75 Å². The van der Waals surface area contributed by atoms with E-state index in [1.165, 1.54) is 11.6 Å². The molecule has 0 spiro atoms. The van der Waals surface area contributed by atoms with Gasteiger partial charge in [0.2, 0.25) is 0 Å². The Bertz CT molecular complexity index is 773. The van der Waals surface area contributed by atoms with Crippen molar-refractivity contribution < 1.29 is 13.9 Å². The van der Waals surface area contributed by atoms with Crippen LogP contribution in [-0.2, 0) is 6.54 Å². The van der Waals surface area contributed by atoms with E-state index in [1.54, 1.807) is 30.2 Å². The zero-order valence-corrected chi connectivity index (χ0v) is 15.2. The molecule has 3 rings (SSSR count). The maximum atomic E-state index is 13.7. The maximum absolute atomic E-state index is 13.7. The number of anilines is 1. The largest absolute Gasteiger partial charge is 0.496 e. The van der Waals surface area contributed by atoms with Crippen LogP contribution in [0.1, 0.15) is 11.1 Å². The third-order valence-electron chi connectivity index (χ3n) is 4.60. The molecule has 2 aromatic rings. The Hall–Kier alpha value is -2.60. The van der Waals surface area contributed by atoms with E-state index in [-0.39, 0.29) is 11.7 Å². The van der Waals surface area contributed by atoms with E-state index in [9.17, 15) is 9.18 Å². The van der Waals surface area contributed by atoms with Gasteiger partial charge in [0, 0.05) is 38.3 Å². The topological polar surface area (TPSA) is 44.8 Å². The molecule has 1 saturated heterocycles. The second kappa shape index (κ2) is 8.19. The maximum Gasteiger partial charge on any atom is 0.322 e. The fraction of sp³-hybridized carbons (Fsp3) is 0.350. The molecule has 0 aliphatic carbocycles. The smallest absolute Gasteiger partial charge is 0.322 e. The monoisotopic (exact) mass is 357 g/mol. The molecule has 2 amide bonds. The second-order valence-corrected chi connectivity index (χ2v) is 6.49. The molecular weight excluding hydrogens is 333 g/mol. The van der Waals surface area contributed by atoms with Gasteiger partial charge >= 0.3 is 6.03 Å². The molecule has 0 bridgehead atoms. The summed E-state index contributed by atoms with van der Waals surface area (Å²) in [4.78, 5) is 16.4. The van der Waals surface area contributed by atoms with Gasteiger partial charge in [0.1, 0.15) is 11.6 Å². The Kier molecular flexibility index (Phi) is 5.73. The van der Waals surface area contributed by atoms with Crippen LogP contribution in [0.4, 0.5) is 14.9 Å². The Balaban J connectivity index is 1.55. The van der Waals surface area contributed by atoms with Crippen molar-refractivity contribution in [3.05, 3.63) is 59.4 Å². The number of ether oxygens (including phenoxy) is 1. The fourth-order valence-corrected chi connectivity index (χ4v) is 3.14. The van der Waals surface area contributed by atoms with Gasteiger partial charge in [-0.3, -0.25) is 4.90 Å². The number of benzene rings is 2. The lowest BCUT2D eigenvalue weighted by molar-refractivity contribution is 0.142. The zero-order chi connectivity index (χ0) is 18.5. The minimum Gasteiger partial charge on any atom is -0.496 e. The van der Waals surface area contributed by atoms with E-state index < -0.39 is 5.82 Å². The number of halogens is 1. The van der Waals surface area contributed by atoms with Crippen molar-refractivity contribution in [2.24, 2.45) is 0 Å². The van der Waals surface area contributed by atoms with Crippen LogP contribution in [0, 0.1) is 12.7 Å². The van der Waals surface area contributed by atoms with Crippen LogP contribution in [0.15, 0.2) is 42.5 Å². The predicted molar refractivity (Wildman–Crippen MR) is 100.0 cm³/mol. The molecule has 138 valence electrons. The number of carbonyl (C=O) groups is 1. The van der Waals surface area contributed by atoms with Gasteiger partial charge in [-0.05, 0) is 25.1 Å². The number of aryl methyl sites for hydroxylation is 1. The minimum absolute atomic E-state index is 0.212. The number of nitrogens with zero attached hydrogens (tertiary/aromatic N) is 2. The number of nitrogens with one attached hydrogen (secondary N) is 1. The molecule has 0 atom stereocenters. The van der Waals surface area contributed by atoms with Gasteiger partial charge in [-0.2, -0.15) is 0 Å². The summed E-state index contributed by atoms with van der Waals surface area (Å²) in [6, 6.07) is 12.1. The minimum atomic E-state index is -0.425. The third kappa shape index (κ3) is 4.32. The average Bonchev–Trinajstić information content (AvgIpc) is 2.64. The number of methoxy groups -OCH3 is 1. The predicted octanol–water partition coefficient (Wildman–Crippen LogP) is 3.49. The number of amides is 2. The Morgan fingerprint density at radius 3 is 2.58 bits per heavy atom. The third-order valence-corrected chi connectivity index (χ3v) is 4.60. The zero-order valence-electron chi connectivity index (χ0n) is 15.2. The number of piperazine rings is 1. The molecule has 5 nitrogen and oxygen atoms in total. The number of rotatable bonds is 4. The molecule has 1 N–H and O–H groups in total. The first-order valence-electron chi connectivity index (χ1n) is 8.73. The van der Waals surface area contributed by atoms with Crippen molar-refractivity contribution in [3.8, 4) is 5.75 Å². The van der Waals surface area contributed by atoms with Gasteiger partial charge in [0.05, 0.1) is 12.8 Å². The van der Waals surface area contributed by atoms with Gasteiger partial charge in [-0.1, -0.05) is 29.8 Å². The van der Waals surface area contributed by atoms with Gasteiger partial charge in [-0.25, -0.2) is 9.18 Å². The molecule has 0 aromatic heterocycles. The summed E-state index contributed by atoms with van der Waals surface area (Å²) in [7, 11) is 1.68. The lowest BCUT2D eigenvalue weighted by Gasteiger charge is -2.35. The highest BCUT2D eigenvalue weighted by Crippen LogP contribution is 2.22. The summed E-state index contributed by atoms with van der Waals surface area (Å²) in [5, 5.41) is 2.64. The number of hydrogen-bond donors (Lipinski definition) is 1. The molecule has 1 aliphatic rings. The molecule has 1 fully saturated rings. The first-order valence-corrected chi connectivity index (χ1v) is 8.73. The van der Waals surface area contributed by atoms with E-state index in [2.05, 4.69) is 23.2 Å². The van der Waals surface area contributed by atoms with Crippen molar-refractivity contribution >= 4 is 11.7 Å². The Morgan fingerprint density at radius 1 is 1.15 bits per heavy atom. The van der Waals surface area contributed by atoms with Gasteiger partial charge in [-0.15, -0.1) is 0 Å². The fourth-order valence-electron chi connectivity index (χ4n) is 3.14. The van der Waals surface area contributed by atoms with Gasteiger partial charge in [0.15, 0.2) is 0 Å². The number of hydrogen-bond acceptors (Lipinski definition) is 3. The molecule has 1 heterocycles. The second-order valence-electron chi connectivity index (χ2n) is 6.49. The SMILES string of the molecule is COc1ccc(C)cc1CN1CCN(C(=O)Nc2ccccc2F)CC1. The van der Waals surface area contributed by atoms with Gasteiger partial charge in [0.25, 0.3) is 0 Å². The number of urea groups is 1. The molecular formula is C20H24FN3O2. The van der Waals surface area contributed by atoms with Crippen LogP contribution < -0.4 is 10.1 Å². The van der Waals surface area contributed by atoms with Crippen molar-refractivity contribution in [2.45, 2.75) is 13.5 Å². The highest BCUT2D eigenvalue weighted by molar-refractivity contribution is 5.89. The van der Waals surface area contributed by atoms with Crippen LogP contribution in [0.3, 0.4) is 0 Å². The molecule has 1 aliphatic heterocycles. The summed E-state index contributed by atoms with van der Waals surface area (Å²) in [5.41, 5.74) is 2.56. The highest BCUT2D eigenvalue weighted by Gasteiger charge is 2.22. The lowest BCUT2D eigenvalue weighted by Crippen LogP contribution is -2.49. The summed E-state index contributed by atoms with van der Waals surface area (Å²) in [5.74, 6) is 0.460. The van der Waals surface area contributed by atoms with Crippen LogP contribution in [0.25, 0.3) is 0 Å². The summed E-state index contributed by atoms with van der Waals surface area (Å²) in [6.45, 7) is 5.59. The van der Waals surface area contributed by atoms with Crippen molar-refractivity contribution in [3.63, 3.8) is 0 Å². The summed E-state index contributed by atoms with van der Waals surface area (Å²) >= 11 is 0. The first-order chi connectivity index (χ1) is 12.6. The molecule has 0 radical (unpaired) electrons. The van der Waals surface area contributed by atoms with Gasteiger partial charge < -0.3 is 15.0 Å². The van der Waals surface area contributed by atoms with Crippen molar-refractivity contribution in [1.82, 2.24) is 9.80 Å². The quantitative estimate of drug-likeness (QED) is 0.911. The molecule has 0 unspecified atom stereocenters. The normalized spacial score (nSPS) is 15.0. The van der Waals surface area contributed by atoms with Crippen LogP contribution >= 0.6 is 0 Å². The molecule has 0 saturated carbocycles. The lowest BCUT2D eigenvalue weighted by atomic mass is 10.1. The summed E-state index contributed by atoms with van der Waals surface area (Å²) in [6.07, 6.45) is 0. The van der Waals surface area contributed by atoms with E-state index in [4.69, 9.17) is 4.74 Å². The highest BCUT2D eigenvalue weighted by atomic mass is 19.1. The Morgan fingerprint density at radius 2 is 1.88 bits per heavy atom. The number of para-hydroxylation sites is 1. The first kappa shape index (κ1) is 18.2. The number of carbonyl (C=O) groups excluding carboxylic acids is 1. The summed E-state index contributed by atoms with van der Waals surface area (Å²) < 4.78 is 19.1. The van der Waals surface area contributed by atoms with Crippen LogP contribution in [0.2, 0.25) is 0 Å². The van der Waals surface area contributed by atoms with Crippen LogP contribution in [-0.4, -0.2) is 49.1 Å². The van der Waals surface area contributed by atoms with Crippen molar-refractivity contribution in [2.75, 3.05) is 38.6 Å². The van der Waals surface area contributed by atoms with E-state index in [0.717, 1.165) is 30.9 Å². The molecule has 26 heavy (non-hydrogen) atoms. The van der Waals surface area contributed by atoms with E-state index in [0.29, 0.717) is 13.1 Å². The Labute approximate surface area is 153 Å². The molecule has 2 aromatic carbocycles. The average molecular weight is 357 g/mol.